The number of fused-ring (bicyclic) bond motifs is 2. The van der Waals surface area contributed by atoms with Gasteiger partial charge in [0.05, 0.1) is 15.7 Å². The van der Waals surface area contributed by atoms with Crippen molar-refractivity contribution < 1.29 is 4.57 Å². The van der Waals surface area contributed by atoms with Gasteiger partial charge in [0.15, 0.2) is 6.20 Å². The summed E-state index contributed by atoms with van der Waals surface area (Å²) in [4.78, 5) is 16.6. The van der Waals surface area contributed by atoms with Gasteiger partial charge >= 0.3 is 0 Å². The van der Waals surface area contributed by atoms with E-state index < -0.39 is 0 Å². The van der Waals surface area contributed by atoms with Crippen LogP contribution in [0.5, 0.6) is 0 Å². The molecule has 5 rings (SSSR count). The van der Waals surface area contributed by atoms with Crippen molar-refractivity contribution in [2.75, 3.05) is 11.9 Å². The molecule has 30 heavy (non-hydrogen) atoms. The molecule has 3 heterocycles. The normalized spacial score (nSPS) is 15.8. The van der Waals surface area contributed by atoms with Crippen LogP contribution < -0.4 is 24.2 Å². The van der Waals surface area contributed by atoms with E-state index in [0.29, 0.717) is 6.54 Å². The Balaban J connectivity index is 1.76. The van der Waals surface area contributed by atoms with Crippen molar-refractivity contribution in [2.24, 2.45) is 7.05 Å². The summed E-state index contributed by atoms with van der Waals surface area (Å²) >= 11 is 3.26. The van der Waals surface area contributed by atoms with Crippen molar-refractivity contribution in [1.82, 2.24) is 4.57 Å². The lowest BCUT2D eigenvalue weighted by Crippen LogP contribution is -2.33. The molecule has 2 aromatic carbocycles. The Morgan fingerprint density at radius 1 is 1.07 bits per heavy atom. The summed E-state index contributed by atoms with van der Waals surface area (Å²) in [5.41, 5.74) is 3.53. The fourth-order valence-corrected chi connectivity index (χ4v) is 6.38. The number of rotatable bonds is 2. The summed E-state index contributed by atoms with van der Waals surface area (Å²) in [5.74, 6) is 0. The number of nitrogens with zero attached hydrogens (tertiary/aromatic N) is 3. The second-order valence-corrected chi connectivity index (χ2v) is 9.36. The third kappa shape index (κ3) is 2.99. The second kappa shape index (κ2) is 7.45. The monoisotopic (exact) mass is 432 g/mol. The molecule has 0 amide bonds. The quantitative estimate of drug-likeness (QED) is 0.456. The highest BCUT2D eigenvalue weighted by Crippen LogP contribution is 2.44. The number of aromatic nitrogens is 2. The first-order valence-electron chi connectivity index (χ1n) is 9.92. The molecule has 0 N–H and O–H groups in total. The summed E-state index contributed by atoms with van der Waals surface area (Å²) in [6, 6.07) is 18.8. The average Bonchev–Trinajstić information content (AvgIpc) is 3.26. The summed E-state index contributed by atoms with van der Waals surface area (Å²) < 4.78 is 5.79. The van der Waals surface area contributed by atoms with Gasteiger partial charge in [-0.25, -0.2) is 4.57 Å². The zero-order valence-electron chi connectivity index (χ0n) is 17.1. The van der Waals surface area contributed by atoms with Crippen LogP contribution in [0.15, 0.2) is 70.5 Å². The van der Waals surface area contributed by atoms with E-state index in [1.165, 1.54) is 15.8 Å². The number of thioether (sulfide) groups is 1. The molecular formula is C24H22N3OS2+. The molecule has 150 valence electrons. The molecule has 6 heteroatoms. The summed E-state index contributed by atoms with van der Waals surface area (Å²) in [6.45, 7) is 2.68. The van der Waals surface area contributed by atoms with Gasteiger partial charge in [-0.3, -0.25) is 9.36 Å². The van der Waals surface area contributed by atoms with E-state index in [1.54, 1.807) is 23.1 Å². The van der Waals surface area contributed by atoms with E-state index in [9.17, 15) is 4.79 Å². The largest absolute Gasteiger partial charge is 0.337 e. The first-order valence-corrected chi connectivity index (χ1v) is 11.6. The Hall–Kier alpha value is -2.83. The smallest absolute Gasteiger partial charge is 0.271 e. The third-order valence-electron chi connectivity index (χ3n) is 5.51. The van der Waals surface area contributed by atoms with E-state index in [1.807, 2.05) is 30.7 Å². The molecule has 0 unspecified atom stereocenters. The first kappa shape index (κ1) is 19.2. The molecule has 0 saturated heterocycles. The van der Waals surface area contributed by atoms with E-state index in [4.69, 9.17) is 0 Å². The van der Waals surface area contributed by atoms with E-state index in [2.05, 4.69) is 71.3 Å². The van der Waals surface area contributed by atoms with Crippen molar-refractivity contribution in [3.8, 4) is 0 Å². The van der Waals surface area contributed by atoms with Crippen LogP contribution in [0.3, 0.4) is 0 Å². The van der Waals surface area contributed by atoms with Crippen molar-refractivity contribution >= 4 is 50.8 Å². The maximum absolute atomic E-state index is 13.3. The minimum atomic E-state index is 0.0849. The summed E-state index contributed by atoms with van der Waals surface area (Å²) in [6.07, 6.45) is 4.22. The van der Waals surface area contributed by atoms with Crippen molar-refractivity contribution in [1.29, 1.82) is 0 Å². The molecule has 1 aliphatic heterocycles. The number of pyridine rings is 1. The predicted molar refractivity (Wildman–Crippen MR) is 126 cm³/mol. The highest BCUT2D eigenvalue weighted by molar-refractivity contribution is 8.08. The van der Waals surface area contributed by atoms with Crippen LogP contribution in [0.1, 0.15) is 12.5 Å². The van der Waals surface area contributed by atoms with Crippen molar-refractivity contribution in [3.63, 3.8) is 0 Å². The SMILES string of the molecule is CCn1c(=O)/c(=C2\Sc3ccccc3N2C)s/c1=C\c1cc[n+](C)c2ccccc12. The standard InChI is InChI=1S/C24H22N3OS2/c1-4-27-21(15-16-13-14-25(2)18-10-6-5-9-17(16)18)30-22(23(27)28)24-26(3)19-11-7-8-12-20(19)29-24/h5-15H,4H2,1-3H3/q+1/b24-22+. The van der Waals surface area contributed by atoms with Crippen molar-refractivity contribution in [3.05, 3.63) is 85.9 Å². The van der Waals surface area contributed by atoms with Crippen LogP contribution in [0.25, 0.3) is 22.0 Å². The van der Waals surface area contributed by atoms with Gasteiger partial charge in [0.25, 0.3) is 5.56 Å². The fraction of sp³-hybridized carbons (Fsp3) is 0.167. The Morgan fingerprint density at radius 3 is 2.63 bits per heavy atom. The molecule has 0 atom stereocenters. The average molecular weight is 433 g/mol. The van der Waals surface area contributed by atoms with E-state index in [-0.39, 0.29) is 5.56 Å². The van der Waals surface area contributed by atoms with E-state index in [0.717, 1.165) is 25.5 Å². The van der Waals surface area contributed by atoms with Crippen molar-refractivity contribution in [2.45, 2.75) is 18.4 Å². The molecule has 0 saturated carbocycles. The molecule has 2 aromatic heterocycles. The van der Waals surface area contributed by atoms with E-state index >= 15 is 0 Å². The van der Waals surface area contributed by atoms with Gasteiger partial charge in [-0.1, -0.05) is 36.0 Å². The van der Waals surface area contributed by atoms with Crippen LogP contribution in [0.2, 0.25) is 0 Å². The van der Waals surface area contributed by atoms with Crippen LogP contribution >= 0.6 is 23.1 Å². The van der Waals surface area contributed by atoms with Crippen LogP contribution in [-0.4, -0.2) is 11.6 Å². The number of hydrogen-bond donors (Lipinski definition) is 0. The summed E-state index contributed by atoms with van der Waals surface area (Å²) in [7, 11) is 4.09. The number of benzene rings is 2. The lowest BCUT2D eigenvalue weighted by molar-refractivity contribution is -0.644. The Kier molecular flexibility index (Phi) is 4.76. The van der Waals surface area contributed by atoms with Crippen LogP contribution in [-0.2, 0) is 13.6 Å². The minimum absolute atomic E-state index is 0.0849. The van der Waals surface area contributed by atoms with Gasteiger partial charge in [-0.15, -0.1) is 11.3 Å². The van der Waals surface area contributed by atoms with Crippen LogP contribution in [0.4, 0.5) is 5.69 Å². The number of hydrogen-bond acceptors (Lipinski definition) is 4. The molecule has 4 aromatic rings. The van der Waals surface area contributed by atoms with Gasteiger partial charge in [0.1, 0.15) is 16.6 Å². The van der Waals surface area contributed by atoms with Crippen LogP contribution in [0, 0.1) is 0 Å². The number of aryl methyl sites for hydroxylation is 1. The van der Waals surface area contributed by atoms with Gasteiger partial charge in [0.2, 0.25) is 5.52 Å². The molecule has 4 nitrogen and oxygen atoms in total. The lowest BCUT2D eigenvalue weighted by atomic mass is 10.1. The predicted octanol–water partition coefficient (Wildman–Crippen LogP) is 3.04. The number of thiazole rings is 1. The lowest BCUT2D eigenvalue weighted by Gasteiger charge is -2.11. The zero-order chi connectivity index (χ0) is 20.8. The Bertz CT molecular complexity index is 1470. The molecule has 0 fully saturated rings. The minimum Gasteiger partial charge on any atom is -0.337 e. The zero-order valence-corrected chi connectivity index (χ0v) is 18.8. The summed E-state index contributed by atoms with van der Waals surface area (Å²) in [5, 5.41) is 2.19. The topological polar surface area (TPSA) is 29.1 Å². The maximum atomic E-state index is 13.3. The van der Waals surface area contributed by atoms with Gasteiger partial charge in [0, 0.05) is 30.6 Å². The molecule has 1 aliphatic rings. The molecule has 0 bridgehead atoms. The Labute approximate surface area is 183 Å². The molecule has 0 spiro atoms. The van der Waals surface area contributed by atoms with Gasteiger partial charge < -0.3 is 4.90 Å². The van der Waals surface area contributed by atoms with Gasteiger partial charge in [-0.05, 0) is 36.8 Å². The molecular weight excluding hydrogens is 410 g/mol. The van der Waals surface area contributed by atoms with Gasteiger partial charge in [-0.2, -0.15) is 0 Å². The molecule has 0 aliphatic carbocycles. The first-order chi connectivity index (χ1) is 14.6. The number of para-hydroxylation sites is 2. The number of anilines is 1. The Morgan fingerprint density at radius 2 is 1.83 bits per heavy atom. The second-order valence-electron chi connectivity index (χ2n) is 7.30. The maximum Gasteiger partial charge on any atom is 0.271 e. The fourth-order valence-electron chi connectivity index (χ4n) is 3.92. The highest BCUT2D eigenvalue weighted by Gasteiger charge is 2.24. The highest BCUT2D eigenvalue weighted by atomic mass is 32.2. The molecule has 0 radical (unpaired) electrons. The third-order valence-corrected chi connectivity index (χ3v) is 8.00.